The topological polar surface area (TPSA) is 69.7 Å². The molecular weight excluding hydrogens is 200 g/mol. The van der Waals surface area contributed by atoms with Gasteiger partial charge in [0.2, 0.25) is 0 Å². The first kappa shape index (κ1) is 13.4. The van der Waals surface area contributed by atoms with Gasteiger partial charge in [-0.25, -0.2) is 9.59 Å². The van der Waals surface area contributed by atoms with E-state index >= 15 is 0 Å². The Morgan fingerprint density at radius 2 is 1.73 bits per heavy atom. The fourth-order valence-corrected chi connectivity index (χ4v) is 0.695. The fourth-order valence-electron chi connectivity index (χ4n) is 0.695. The summed E-state index contributed by atoms with van der Waals surface area (Å²) in [6, 6.07) is 0. The van der Waals surface area contributed by atoms with E-state index in [4.69, 9.17) is 0 Å². The van der Waals surface area contributed by atoms with Crippen LogP contribution >= 0.6 is 0 Å². The summed E-state index contributed by atoms with van der Waals surface area (Å²) >= 11 is 0. The fraction of sp³-hybridized carbons (Fsp3) is 0.500. The number of esters is 2. The molecule has 0 rings (SSSR count). The monoisotopic (exact) mass is 214 g/mol. The summed E-state index contributed by atoms with van der Waals surface area (Å²) in [5.74, 6) is -1.56. The molecule has 5 nitrogen and oxygen atoms in total. The van der Waals surface area contributed by atoms with Crippen LogP contribution in [0.4, 0.5) is 0 Å². The molecule has 0 amide bonds. The van der Waals surface area contributed by atoms with E-state index in [0.29, 0.717) is 0 Å². The van der Waals surface area contributed by atoms with Crippen molar-refractivity contribution in [2.45, 2.75) is 20.8 Å². The van der Waals surface area contributed by atoms with Gasteiger partial charge in [-0.05, 0) is 20.8 Å². The standard InChI is InChI=1S/C10H14O5/c1-4-14-10(13)7(2)5-9(12)15-6-8(3)11/h5H,4,6H2,1-3H3/b7-5-. The maximum Gasteiger partial charge on any atom is 0.333 e. The van der Waals surface area contributed by atoms with Crippen molar-refractivity contribution >= 4 is 17.7 Å². The lowest BCUT2D eigenvalue weighted by atomic mass is 10.3. The zero-order valence-corrected chi connectivity index (χ0v) is 9.03. The van der Waals surface area contributed by atoms with Crippen molar-refractivity contribution < 1.29 is 23.9 Å². The van der Waals surface area contributed by atoms with Crippen molar-refractivity contribution in [3.8, 4) is 0 Å². The Bertz CT molecular complexity index is 290. The third-order valence-electron chi connectivity index (χ3n) is 1.35. The van der Waals surface area contributed by atoms with Gasteiger partial charge in [-0.2, -0.15) is 0 Å². The van der Waals surface area contributed by atoms with Gasteiger partial charge in [0, 0.05) is 11.6 Å². The van der Waals surface area contributed by atoms with Crippen LogP contribution in [0.1, 0.15) is 20.8 Å². The van der Waals surface area contributed by atoms with Crippen molar-refractivity contribution in [1.82, 2.24) is 0 Å². The van der Waals surface area contributed by atoms with E-state index in [1.807, 2.05) is 0 Å². The molecule has 0 radical (unpaired) electrons. The SMILES string of the molecule is CCOC(=O)/C(C)=C\C(=O)OCC(C)=O. The van der Waals surface area contributed by atoms with E-state index in [9.17, 15) is 14.4 Å². The molecule has 0 atom stereocenters. The number of Topliss-reactive ketones (excluding diaryl/α,β-unsaturated/α-hetero) is 1. The van der Waals surface area contributed by atoms with E-state index in [1.54, 1.807) is 6.92 Å². The van der Waals surface area contributed by atoms with Crippen molar-refractivity contribution in [3.63, 3.8) is 0 Å². The molecule has 0 saturated heterocycles. The van der Waals surface area contributed by atoms with Crippen molar-refractivity contribution in [2.75, 3.05) is 13.2 Å². The average molecular weight is 214 g/mol. The highest BCUT2D eigenvalue weighted by Gasteiger charge is 2.08. The molecule has 0 aromatic carbocycles. The Morgan fingerprint density at radius 3 is 2.20 bits per heavy atom. The summed E-state index contributed by atoms with van der Waals surface area (Å²) in [4.78, 5) is 32.5. The molecule has 0 bridgehead atoms. The maximum absolute atomic E-state index is 11.1. The molecule has 0 unspecified atom stereocenters. The molecule has 15 heavy (non-hydrogen) atoms. The largest absolute Gasteiger partial charge is 0.463 e. The number of ether oxygens (including phenoxy) is 2. The molecule has 0 heterocycles. The average Bonchev–Trinajstić information content (AvgIpc) is 2.15. The van der Waals surface area contributed by atoms with Crippen molar-refractivity contribution in [3.05, 3.63) is 11.6 Å². The lowest BCUT2D eigenvalue weighted by Crippen LogP contribution is -2.12. The molecule has 0 aliphatic rings. The van der Waals surface area contributed by atoms with Gasteiger partial charge < -0.3 is 9.47 Å². The van der Waals surface area contributed by atoms with Crippen LogP contribution in [0.2, 0.25) is 0 Å². The van der Waals surface area contributed by atoms with Crippen LogP contribution in [0, 0.1) is 0 Å². The number of carbonyl (C=O) groups is 3. The number of hydrogen-bond acceptors (Lipinski definition) is 5. The molecule has 0 aliphatic carbocycles. The third kappa shape index (κ3) is 6.42. The molecule has 0 spiro atoms. The van der Waals surface area contributed by atoms with Gasteiger partial charge in [-0.3, -0.25) is 4.79 Å². The normalized spacial score (nSPS) is 10.7. The van der Waals surface area contributed by atoms with Crippen LogP contribution in [0.25, 0.3) is 0 Å². The predicted octanol–water partition coefficient (Wildman–Crippen LogP) is 0.628. The summed E-state index contributed by atoms with van der Waals surface area (Å²) in [6.07, 6.45) is 1.00. The minimum atomic E-state index is -0.726. The zero-order valence-electron chi connectivity index (χ0n) is 9.03. The number of rotatable bonds is 5. The number of hydrogen-bond donors (Lipinski definition) is 0. The van der Waals surface area contributed by atoms with Gasteiger partial charge in [-0.15, -0.1) is 0 Å². The molecular formula is C10H14O5. The molecule has 0 N–H and O–H groups in total. The Balaban J connectivity index is 4.16. The minimum Gasteiger partial charge on any atom is -0.463 e. The van der Waals surface area contributed by atoms with Gasteiger partial charge in [0.05, 0.1) is 6.61 Å². The van der Waals surface area contributed by atoms with Crippen LogP contribution in [0.15, 0.2) is 11.6 Å². The van der Waals surface area contributed by atoms with Crippen LogP contribution in [-0.2, 0) is 23.9 Å². The number of carbonyl (C=O) groups excluding carboxylic acids is 3. The Labute approximate surface area is 88.0 Å². The van der Waals surface area contributed by atoms with E-state index in [0.717, 1.165) is 6.08 Å². The summed E-state index contributed by atoms with van der Waals surface area (Å²) < 4.78 is 9.18. The molecule has 0 aromatic heterocycles. The molecule has 84 valence electrons. The first-order chi connectivity index (χ1) is 6.97. The van der Waals surface area contributed by atoms with Gasteiger partial charge >= 0.3 is 11.9 Å². The summed E-state index contributed by atoms with van der Waals surface area (Å²) in [7, 11) is 0. The smallest absolute Gasteiger partial charge is 0.333 e. The second-order valence-corrected chi connectivity index (χ2v) is 2.86. The molecule has 5 heteroatoms. The number of ketones is 1. The third-order valence-corrected chi connectivity index (χ3v) is 1.35. The van der Waals surface area contributed by atoms with E-state index < -0.39 is 11.9 Å². The first-order valence-electron chi connectivity index (χ1n) is 4.49. The van der Waals surface area contributed by atoms with Crippen LogP contribution < -0.4 is 0 Å². The predicted molar refractivity (Wildman–Crippen MR) is 52.0 cm³/mol. The molecule has 0 aliphatic heterocycles. The zero-order chi connectivity index (χ0) is 11.8. The lowest BCUT2D eigenvalue weighted by molar-refractivity contribution is -0.143. The second kappa shape index (κ2) is 6.75. The highest BCUT2D eigenvalue weighted by molar-refractivity contribution is 5.96. The Hall–Kier alpha value is -1.65. The first-order valence-corrected chi connectivity index (χ1v) is 4.49. The summed E-state index contributed by atoms with van der Waals surface area (Å²) in [5, 5.41) is 0. The summed E-state index contributed by atoms with van der Waals surface area (Å²) in [6.45, 7) is 4.36. The Kier molecular flexibility index (Phi) is 6.01. The van der Waals surface area contributed by atoms with Gasteiger partial charge in [-0.1, -0.05) is 0 Å². The molecule has 0 aromatic rings. The van der Waals surface area contributed by atoms with Crippen LogP contribution in [-0.4, -0.2) is 30.9 Å². The summed E-state index contributed by atoms with van der Waals surface area (Å²) in [5.41, 5.74) is 0.144. The Morgan fingerprint density at radius 1 is 1.13 bits per heavy atom. The van der Waals surface area contributed by atoms with E-state index in [-0.39, 0.29) is 24.6 Å². The van der Waals surface area contributed by atoms with Crippen LogP contribution in [0.3, 0.4) is 0 Å². The second-order valence-electron chi connectivity index (χ2n) is 2.86. The maximum atomic E-state index is 11.1. The molecule has 0 fully saturated rings. The van der Waals surface area contributed by atoms with E-state index in [2.05, 4.69) is 9.47 Å². The molecule has 0 saturated carbocycles. The van der Waals surface area contributed by atoms with Gasteiger partial charge in [0.25, 0.3) is 0 Å². The van der Waals surface area contributed by atoms with Gasteiger partial charge in [0.15, 0.2) is 5.78 Å². The van der Waals surface area contributed by atoms with Crippen LogP contribution in [0.5, 0.6) is 0 Å². The van der Waals surface area contributed by atoms with E-state index in [1.165, 1.54) is 13.8 Å². The lowest BCUT2D eigenvalue weighted by Gasteiger charge is -2.01. The van der Waals surface area contributed by atoms with Crippen molar-refractivity contribution in [2.24, 2.45) is 0 Å². The van der Waals surface area contributed by atoms with Crippen molar-refractivity contribution in [1.29, 1.82) is 0 Å². The highest BCUT2D eigenvalue weighted by atomic mass is 16.5. The minimum absolute atomic E-state index is 0.144. The highest BCUT2D eigenvalue weighted by Crippen LogP contribution is 1.97. The van der Waals surface area contributed by atoms with Gasteiger partial charge in [0.1, 0.15) is 6.61 Å². The quantitative estimate of drug-likeness (QED) is 0.496.